The molecule has 0 saturated carbocycles. The summed E-state index contributed by atoms with van der Waals surface area (Å²) in [6.45, 7) is 10.9. The summed E-state index contributed by atoms with van der Waals surface area (Å²) in [6, 6.07) is 22.8. The molecule has 5 heteroatoms. The van der Waals surface area contributed by atoms with Crippen LogP contribution in [0.3, 0.4) is 0 Å². The van der Waals surface area contributed by atoms with Crippen molar-refractivity contribution in [1.29, 1.82) is 0 Å². The second-order valence-corrected chi connectivity index (χ2v) is 16.7. The van der Waals surface area contributed by atoms with Gasteiger partial charge in [0.1, 0.15) is 0 Å². The molecule has 0 saturated heterocycles. The molecule has 0 amide bonds. The van der Waals surface area contributed by atoms with Gasteiger partial charge in [0, 0.05) is 0 Å². The van der Waals surface area contributed by atoms with Crippen LogP contribution in [-0.2, 0) is 23.3 Å². The minimum Gasteiger partial charge on any atom is -1.00 e. The maximum absolute atomic E-state index is 5.72. The summed E-state index contributed by atoms with van der Waals surface area (Å²) in [5.41, 5.74) is 5.75. The van der Waals surface area contributed by atoms with Crippen LogP contribution in [0.2, 0.25) is 6.04 Å². The van der Waals surface area contributed by atoms with Crippen LogP contribution in [0.25, 0.3) is 21.5 Å². The van der Waals surface area contributed by atoms with E-state index in [9.17, 15) is 0 Å². The molecule has 0 atom stereocenters. The molecule has 0 fully saturated rings. The van der Waals surface area contributed by atoms with Gasteiger partial charge in [-0.25, -0.2) is 0 Å². The van der Waals surface area contributed by atoms with Gasteiger partial charge in [-0.05, 0) is 0 Å². The van der Waals surface area contributed by atoms with E-state index in [1.807, 2.05) is 0 Å². The van der Waals surface area contributed by atoms with Crippen molar-refractivity contribution in [2.24, 2.45) is 0 Å². The molecule has 160 valence electrons. The number of hydrogen-bond donors (Lipinski definition) is 0. The van der Waals surface area contributed by atoms with Crippen molar-refractivity contribution >= 4 is 37.4 Å². The average Bonchev–Trinajstić information content (AvgIpc) is 3.15. The Hall–Kier alpha value is -0.370. The van der Waals surface area contributed by atoms with E-state index >= 15 is 0 Å². The summed E-state index contributed by atoms with van der Waals surface area (Å²) >= 11 is 7.27. The Labute approximate surface area is 214 Å². The maximum atomic E-state index is 5.72. The maximum Gasteiger partial charge on any atom is -0.0630 e. The number of fused-ring (bicyclic) bond motifs is 3. The van der Waals surface area contributed by atoms with Crippen LogP contribution in [0, 0.1) is 27.7 Å². The predicted octanol–water partition coefficient (Wildman–Crippen LogP) is 2.03. The van der Waals surface area contributed by atoms with Gasteiger partial charge < -0.3 is 24.8 Å². The Morgan fingerprint density at radius 1 is 0.933 bits per heavy atom. The molecule has 4 aromatic rings. The first-order valence-electron chi connectivity index (χ1n) is 9.81. The molecule has 0 radical (unpaired) electrons. The first-order valence-corrected chi connectivity index (χ1v) is 16.2. The summed E-state index contributed by atoms with van der Waals surface area (Å²) in [5.74, 6) is 0. The number of halogens is 3. The van der Waals surface area contributed by atoms with Gasteiger partial charge >= 0.3 is 58.5 Å². The minimum atomic E-state index is -0.323. The molecule has 0 nitrogen and oxygen atoms in total. The SMILES string of the molecule is CCC[Si](Cl)=[Zr+2].Cc1c[c-](C)c(C)c1C.[Cl-].[Cl-].c1ccc2c(c1)[cH-]c1ccccc12. The Kier molecular flexibility index (Phi) is 14.5. The fourth-order valence-electron chi connectivity index (χ4n) is 3.26. The second-order valence-electron chi connectivity index (χ2n) is 7.23. The van der Waals surface area contributed by atoms with Crippen LogP contribution in [-0.4, -0.2) is 4.74 Å². The van der Waals surface area contributed by atoms with Crippen LogP contribution >= 0.6 is 11.1 Å². The van der Waals surface area contributed by atoms with E-state index in [1.165, 1.54) is 56.3 Å². The number of hydrogen-bond acceptors (Lipinski definition) is 0. The largest absolute Gasteiger partial charge is 1.00 e. The standard InChI is InChI=1S/C13H9.C9H13.C3H7ClSi.2ClH.Zr/c1-3-7-12-10(5-1)9-11-6-2-4-8-13(11)12;1-6-5-7(2)9(4)8(6)3;1-2-3-5-4;;;/h1-9H;5H,1-4H3;2-3H2,1H3;2*1H;/q2*-1;;;;+2/p-2. The van der Waals surface area contributed by atoms with Gasteiger partial charge in [0.05, 0.1) is 0 Å². The normalized spacial score (nSPS) is 9.60. The molecule has 0 aromatic heterocycles. The molecule has 0 spiro atoms. The molecule has 4 aromatic carbocycles. The molecule has 30 heavy (non-hydrogen) atoms. The first kappa shape index (κ1) is 29.6. The first-order chi connectivity index (χ1) is 13.3. The molecular weight excluding hydrogens is 526 g/mol. The van der Waals surface area contributed by atoms with Gasteiger partial charge in [-0.3, -0.25) is 0 Å². The van der Waals surface area contributed by atoms with Crippen molar-refractivity contribution in [2.75, 3.05) is 0 Å². The van der Waals surface area contributed by atoms with Crippen molar-refractivity contribution < 1.29 is 48.1 Å². The molecule has 0 unspecified atom stereocenters. The molecule has 0 bridgehead atoms. The van der Waals surface area contributed by atoms with E-state index in [0.29, 0.717) is 0 Å². The van der Waals surface area contributed by atoms with Gasteiger partial charge in [-0.2, -0.15) is 28.3 Å². The van der Waals surface area contributed by atoms with Gasteiger partial charge in [-0.1, -0.05) is 64.1 Å². The van der Waals surface area contributed by atoms with Crippen LogP contribution in [0.4, 0.5) is 0 Å². The third-order valence-electron chi connectivity index (χ3n) is 5.17. The van der Waals surface area contributed by atoms with E-state index in [-0.39, 0.29) is 29.6 Å². The van der Waals surface area contributed by atoms with Crippen LogP contribution in [0.5, 0.6) is 0 Å². The Balaban J connectivity index is 0.000000441. The van der Waals surface area contributed by atoms with Crippen molar-refractivity contribution in [3.63, 3.8) is 0 Å². The van der Waals surface area contributed by atoms with E-state index in [0.717, 1.165) is 0 Å². The van der Waals surface area contributed by atoms with Gasteiger partial charge in [0.25, 0.3) is 0 Å². The Bertz CT molecular complexity index is 990. The predicted molar refractivity (Wildman–Crippen MR) is 125 cm³/mol. The van der Waals surface area contributed by atoms with Crippen LogP contribution in [0.1, 0.15) is 35.6 Å². The van der Waals surface area contributed by atoms with Gasteiger partial charge in [0.15, 0.2) is 0 Å². The molecule has 0 aliphatic carbocycles. The smallest absolute Gasteiger partial charge is 0.0630 e. The monoisotopic (exact) mass is 552 g/mol. The van der Waals surface area contributed by atoms with E-state index in [4.69, 9.17) is 11.1 Å². The summed E-state index contributed by atoms with van der Waals surface area (Å²) < 4.78 is -0.323. The summed E-state index contributed by atoms with van der Waals surface area (Å²) in [5, 5.41) is 5.39. The molecule has 0 aliphatic rings. The molecule has 0 aliphatic heterocycles. The van der Waals surface area contributed by atoms with Crippen molar-refractivity contribution in [1.82, 2.24) is 0 Å². The Morgan fingerprint density at radius 3 is 1.67 bits per heavy atom. The molecule has 0 heterocycles. The van der Waals surface area contributed by atoms with E-state index in [2.05, 4.69) is 95.3 Å². The van der Waals surface area contributed by atoms with Gasteiger partial charge in [0.2, 0.25) is 0 Å². The van der Waals surface area contributed by atoms with E-state index in [1.54, 1.807) is 23.3 Å². The topological polar surface area (TPSA) is 0 Å². The number of benzene rings is 2. The quantitative estimate of drug-likeness (QED) is 0.202. The summed E-state index contributed by atoms with van der Waals surface area (Å²) in [7, 11) is 0. The average molecular weight is 555 g/mol. The van der Waals surface area contributed by atoms with Crippen LogP contribution < -0.4 is 24.8 Å². The molecule has 0 N–H and O–H groups in total. The van der Waals surface area contributed by atoms with Crippen molar-refractivity contribution in [3.8, 4) is 0 Å². The minimum absolute atomic E-state index is 0. The summed E-state index contributed by atoms with van der Waals surface area (Å²) in [6.07, 6.45) is 1.27. The van der Waals surface area contributed by atoms with Crippen LogP contribution in [0.15, 0.2) is 60.7 Å². The third-order valence-corrected chi connectivity index (χ3v) is 8.52. The molecule has 4 rings (SSSR count). The number of rotatable bonds is 2. The number of aryl methyl sites for hydroxylation is 2. The second kappa shape index (κ2) is 14.6. The fourth-order valence-corrected chi connectivity index (χ4v) is 6.11. The van der Waals surface area contributed by atoms with Gasteiger partial charge in [-0.15, -0.1) is 39.7 Å². The zero-order valence-corrected chi connectivity index (χ0v) is 24.0. The fraction of sp³-hybridized carbons (Fsp3) is 0.280. The molecular formula is C25H29Cl3SiZr-2. The zero-order valence-electron chi connectivity index (χ0n) is 18.3. The van der Waals surface area contributed by atoms with Crippen molar-refractivity contribution in [3.05, 3.63) is 82.9 Å². The Morgan fingerprint density at radius 2 is 1.40 bits per heavy atom. The van der Waals surface area contributed by atoms with Crippen molar-refractivity contribution in [2.45, 2.75) is 47.1 Å². The summed E-state index contributed by atoms with van der Waals surface area (Å²) in [4.78, 5) is 0. The van der Waals surface area contributed by atoms with E-state index < -0.39 is 0 Å². The zero-order chi connectivity index (χ0) is 20.7. The third kappa shape index (κ3) is 8.29.